The predicted molar refractivity (Wildman–Crippen MR) is 97.5 cm³/mol. The van der Waals surface area contributed by atoms with Crippen molar-refractivity contribution in [2.45, 2.75) is 0 Å². The van der Waals surface area contributed by atoms with Gasteiger partial charge in [0.1, 0.15) is 21.5 Å². The molecular formula is C18H8Cl3FN2. The van der Waals surface area contributed by atoms with E-state index in [0.717, 1.165) is 5.39 Å². The van der Waals surface area contributed by atoms with Crippen LogP contribution in [0.25, 0.3) is 32.9 Å². The molecule has 0 unspecified atom stereocenters. The van der Waals surface area contributed by atoms with Gasteiger partial charge in [-0.05, 0) is 23.6 Å². The summed E-state index contributed by atoms with van der Waals surface area (Å²) in [5.41, 5.74) is 0.740. The van der Waals surface area contributed by atoms with E-state index >= 15 is 4.39 Å². The van der Waals surface area contributed by atoms with Crippen molar-refractivity contribution < 1.29 is 4.39 Å². The highest BCUT2D eigenvalue weighted by Gasteiger charge is 2.18. The SMILES string of the molecule is Fc1c(-c2cccc3cccc(Cl)c23)nc(Cl)c2ccc(Cl)nc12. The summed E-state index contributed by atoms with van der Waals surface area (Å²) in [6.07, 6.45) is 0. The van der Waals surface area contributed by atoms with Crippen molar-refractivity contribution in [1.82, 2.24) is 9.97 Å². The first-order valence-electron chi connectivity index (χ1n) is 7.05. The van der Waals surface area contributed by atoms with Crippen molar-refractivity contribution in [3.8, 4) is 11.3 Å². The van der Waals surface area contributed by atoms with E-state index in [2.05, 4.69) is 9.97 Å². The van der Waals surface area contributed by atoms with Crippen LogP contribution in [0.2, 0.25) is 15.3 Å². The minimum absolute atomic E-state index is 0.0848. The second-order valence-corrected chi connectivity index (χ2v) is 6.39. The van der Waals surface area contributed by atoms with Gasteiger partial charge in [0.15, 0.2) is 5.82 Å². The molecule has 24 heavy (non-hydrogen) atoms. The average molecular weight is 378 g/mol. The Morgan fingerprint density at radius 1 is 0.833 bits per heavy atom. The molecule has 0 atom stereocenters. The van der Waals surface area contributed by atoms with Crippen LogP contribution in [0, 0.1) is 5.82 Å². The van der Waals surface area contributed by atoms with Crippen LogP contribution in [0.5, 0.6) is 0 Å². The first kappa shape index (κ1) is 15.6. The van der Waals surface area contributed by atoms with Crippen LogP contribution >= 0.6 is 34.8 Å². The number of hydrogen-bond acceptors (Lipinski definition) is 2. The van der Waals surface area contributed by atoms with Crippen LogP contribution in [0.15, 0.2) is 48.5 Å². The summed E-state index contributed by atoms with van der Waals surface area (Å²) >= 11 is 18.5. The van der Waals surface area contributed by atoms with Crippen LogP contribution in [0.1, 0.15) is 0 Å². The lowest BCUT2D eigenvalue weighted by atomic mass is 10.0. The van der Waals surface area contributed by atoms with Gasteiger partial charge in [0.25, 0.3) is 0 Å². The minimum atomic E-state index is -0.579. The van der Waals surface area contributed by atoms with Gasteiger partial charge in [-0.1, -0.05) is 65.1 Å². The second-order valence-electron chi connectivity index (χ2n) is 5.24. The lowest BCUT2D eigenvalue weighted by Gasteiger charge is -2.11. The Hall–Kier alpha value is -1.94. The summed E-state index contributed by atoms with van der Waals surface area (Å²) in [5, 5.41) is 2.87. The average Bonchev–Trinajstić information content (AvgIpc) is 2.58. The third-order valence-electron chi connectivity index (χ3n) is 3.82. The molecule has 0 radical (unpaired) electrons. The molecule has 6 heteroatoms. The maximum Gasteiger partial charge on any atom is 0.175 e. The van der Waals surface area contributed by atoms with Crippen molar-refractivity contribution in [2.75, 3.05) is 0 Å². The number of nitrogens with zero attached hydrogens (tertiary/aromatic N) is 2. The van der Waals surface area contributed by atoms with Crippen molar-refractivity contribution in [3.05, 3.63) is 69.7 Å². The zero-order valence-corrected chi connectivity index (χ0v) is 14.3. The molecule has 0 aliphatic carbocycles. The van der Waals surface area contributed by atoms with Gasteiger partial charge < -0.3 is 0 Å². The van der Waals surface area contributed by atoms with Gasteiger partial charge in [-0.25, -0.2) is 14.4 Å². The van der Waals surface area contributed by atoms with Crippen LogP contribution in [-0.4, -0.2) is 9.97 Å². The number of rotatable bonds is 1. The van der Waals surface area contributed by atoms with E-state index in [4.69, 9.17) is 34.8 Å². The molecule has 2 aromatic heterocycles. The minimum Gasteiger partial charge on any atom is -0.233 e. The molecule has 0 aliphatic rings. The number of pyridine rings is 2. The van der Waals surface area contributed by atoms with E-state index < -0.39 is 5.82 Å². The van der Waals surface area contributed by atoms with Gasteiger partial charge in [-0.2, -0.15) is 0 Å². The molecule has 0 N–H and O–H groups in total. The third kappa shape index (κ3) is 2.40. The van der Waals surface area contributed by atoms with Gasteiger partial charge in [-0.15, -0.1) is 0 Å². The first-order valence-corrected chi connectivity index (χ1v) is 8.18. The number of hydrogen-bond donors (Lipinski definition) is 0. The molecule has 118 valence electrons. The van der Waals surface area contributed by atoms with Crippen LogP contribution in [0.4, 0.5) is 4.39 Å². The fourth-order valence-electron chi connectivity index (χ4n) is 2.76. The Morgan fingerprint density at radius 3 is 2.38 bits per heavy atom. The Bertz CT molecular complexity index is 1110. The largest absolute Gasteiger partial charge is 0.233 e. The van der Waals surface area contributed by atoms with Crippen LogP contribution in [-0.2, 0) is 0 Å². The van der Waals surface area contributed by atoms with Crippen LogP contribution < -0.4 is 0 Å². The van der Waals surface area contributed by atoms with Gasteiger partial charge in [0, 0.05) is 21.4 Å². The molecule has 2 nitrogen and oxygen atoms in total. The van der Waals surface area contributed by atoms with Gasteiger partial charge in [-0.3, -0.25) is 0 Å². The number of benzene rings is 2. The van der Waals surface area contributed by atoms with Crippen molar-refractivity contribution in [2.24, 2.45) is 0 Å². The molecular weight excluding hydrogens is 370 g/mol. The van der Waals surface area contributed by atoms with E-state index in [9.17, 15) is 0 Å². The molecule has 0 fully saturated rings. The molecule has 2 heterocycles. The van der Waals surface area contributed by atoms with E-state index in [0.29, 0.717) is 21.4 Å². The molecule has 0 saturated carbocycles. The van der Waals surface area contributed by atoms with Gasteiger partial charge in [0.2, 0.25) is 0 Å². The summed E-state index contributed by atoms with van der Waals surface area (Å²) in [5.74, 6) is -0.579. The quantitative estimate of drug-likeness (QED) is 0.351. The zero-order chi connectivity index (χ0) is 16.8. The fraction of sp³-hybridized carbons (Fsp3) is 0. The maximum absolute atomic E-state index is 15.1. The molecule has 2 aromatic carbocycles. The summed E-state index contributed by atoms with van der Waals surface area (Å²) < 4.78 is 15.1. The standard InChI is InChI=1S/C18H8Cl3FN2/c19-12-6-2-4-9-3-1-5-10(14(9)12)16-15(22)17-11(18(21)24-16)7-8-13(20)23-17/h1-8H. The highest BCUT2D eigenvalue weighted by Crippen LogP contribution is 2.37. The van der Waals surface area contributed by atoms with Gasteiger partial charge in [0.05, 0.1) is 0 Å². The van der Waals surface area contributed by atoms with Crippen molar-refractivity contribution >= 4 is 56.5 Å². The number of fused-ring (bicyclic) bond motifs is 2. The van der Waals surface area contributed by atoms with E-state index in [1.165, 1.54) is 0 Å². The fourth-order valence-corrected chi connectivity index (χ4v) is 3.43. The molecule has 0 spiro atoms. The molecule has 0 amide bonds. The van der Waals surface area contributed by atoms with Crippen molar-refractivity contribution in [3.63, 3.8) is 0 Å². The highest BCUT2D eigenvalue weighted by atomic mass is 35.5. The number of aromatic nitrogens is 2. The molecule has 0 aliphatic heterocycles. The third-order valence-corrected chi connectivity index (χ3v) is 4.63. The summed E-state index contributed by atoms with van der Waals surface area (Å²) in [6.45, 7) is 0. The van der Waals surface area contributed by atoms with Gasteiger partial charge >= 0.3 is 0 Å². The Labute approximate surface area is 151 Å². The first-order chi connectivity index (χ1) is 11.6. The van der Waals surface area contributed by atoms with E-state index in [-0.39, 0.29) is 21.5 Å². The Balaban J connectivity index is 2.13. The van der Waals surface area contributed by atoms with Crippen LogP contribution in [0.3, 0.4) is 0 Å². The van der Waals surface area contributed by atoms with Crippen molar-refractivity contribution in [1.29, 1.82) is 0 Å². The predicted octanol–water partition coefficient (Wildman–Crippen LogP) is 6.55. The smallest absolute Gasteiger partial charge is 0.175 e. The molecule has 0 saturated heterocycles. The topological polar surface area (TPSA) is 25.8 Å². The Kier molecular flexibility index (Phi) is 3.80. The highest BCUT2D eigenvalue weighted by molar-refractivity contribution is 6.37. The maximum atomic E-state index is 15.1. The molecule has 4 aromatic rings. The summed E-state index contributed by atoms with van der Waals surface area (Å²) in [7, 11) is 0. The lowest BCUT2D eigenvalue weighted by molar-refractivity contribution is 0.635. The normalized spacial score (nSPS) is 11.3. The van der Waals surface area contributed by atoms with E-state index in [1.54, 1.807) is 24.3 Å². The zero-order valence-electron chi connectivity index (χ0n) is 12.0. The summed E-state index contributed by atoms with van der Waals surface area (Å²) in [6, 6.07) is 14.1. The summed E-state index contributed by atoms with van der Waals surface area (Å²) in [4.78, 5) is 8.30. The molecule has 4 rings (SSSR count). The van der Waals surface area contributed by atoms with E-state index in [1.807, 2.05) is 24.3 Å². The monoisotopic (exact) mass is 376 g/mol. The Morgan fingerprint density at radius 2 is 1.58 bits per heavy atom. The second kappa shape index (κ2) is 5.85. The molecule has 0 bridgehead atoms. The number of halogens is 4. The lowest BCUT2D eigenvalue weighted by Crippen LogP contribution is -1.96.